The van der Waals surface area contributed by atoms with Gasteiger partial charge in [0.15, 0.2) is 0 Å². The fourth-order valence-corrected chi connectivity index (χ4v) is 6.58. The van der Waals surface area contributed by atoms with E-state index in [1.54, 1.807) is 30.3 Å². The summed E-state index contributed by atoms with van der Waals surface area (Å²) < 4.78 is 29.4. The van der Waals surface area contributed by atoms with Crippen LogP contribution in [0.2, 0.25) is 0 Å². The van der Waals surface area contributed by atoms with Gasteiger partial charge in [-0.15, -0.1) is 0 Å². The quantitative estimate of drug-likeness (QED) is 0.178. The Balaban J connectivity index is 1.80. The van der Waals surface area contributed by atoms with E-state index in [-0.39, 0.29) is 29.8 Å². The van der Waals surface area contributed by atoms with Crippen molar-refractivity contribution in [1.29, 1.82) is 0 Å². The van der Waals surface area contributed by atoms with E-state index in [1.807, 2.05) is 94.4 Å². The van der Waals surface area contributed by atoms with Crippen molar-refractivity contribution < 1.29 is 18.0 Å². The zero-order valence-corrected chi connectivity index (χ0v) is 27.3. The van der Waals surface area contributed by atoms with E-state index in [0.29, 0.717) is 5.69 Å². The molecule has 2 atom stereocenters. The largest absolute Gasteiger partial charge is 0.352 e. The van der Waals surface area contributed by atoms with E-state index in [0.717, 1.165) is 39.4 Å². The second-order valence-corrected chi connectivity index (χ2v) is 13.2. The lowest BCUT2D eigenvalue weighted by Crippen LogP contribution is -2.54. The molecule has 2 amide bonds. The van der Waals surface area contributed by atoms with Crippen molar-refractivity contribution in [3.05, 3.63) is 131 Å². The van der Waals surface area contributed by atoms with E-state index in [9.17, 15) is 18.0 Å². The molecular formula is C37H43N3O4S. The number of nitrogens with one attached hydrogen (secondary N) is 1. The van der Waals surface area contributed by atoms with Gasteiger partial charge in [-0.2, -0.15) is 0 Å². The Bertz CT molecular complexity index is 1660. The minimum atomic E-state index is -4.12. The van der Waals surface area contributed by atoms with Crippen molar-refractivity contribution in [2.24, 2.45) is 0 Å². The summed E-state index contributed by atoms with van der Waals surface area (Å²) in [6.45, 7) is 7.58. The number of carbonyl (C=O) groups excluding carboxylic acids is 2. The molecule has 4 rings (SSSR count). The first-order valence-corrected chi connectivity index (χ1v) is 16.9. The lowest BCUT2D eigenvalue weighted by molar-refractivity contribution is -0.140. The lowest BCUT2D eigenvalue weighted by atomic mass is 10.0. The monoisotopic (exact) mass is 625 g/mol. The predicted octanol–water partition coefficient (Wildman–Crippen LogP) is 6.31. The van der Waals surface area contributed by atoms with E-state index < -0.39 is 28.5 Å². The number of aryl methyl sites for hydroxylation is 2. The second-order valence-electron chi connectivity index (χ2n) is 11.4. The highest BCUT2D eigenvalue weighted by Gasteiger charge is 2.35. The van der Waals surface area contributed by atoms with E-state index in [4.69, 9.17) is 0 Å². The molecule has 1 N–H and O–H groups in total. The molecule has 0 aliphatic carbocycles. The van der Waals surface area contributed by atoms with Crippen LogP contribution in [0.3, 0.4) is 0 Å². The number of carbonyl (C=O) groups is 2. The molecule has 0 radical (unpaired) electrons. The number of rotatable bonds is 14. The summed E-state index contributed by atoms with van der Waals surface area (Å²) >= 11 is 0. The van der Waals surface area contributed by atoms with Crippen molar-refractivity contribution in [3.8, 4) is 0 Å². The Morgan fingerprint density at radius 3 is 2.00 bits per heavy atom. The fourth-order valence-electron chi connectivity index (χ4n) is 5.15. The summed E-state index contributed by atoms with van der Waals surface area (Å²) in [7, 11) is -4.12. The van der Waals surface area contributed by atoms with Gasteiger partial charge in [-0.25, -0.2) is 8.42 Å². The van der Waals surface area contributed by atoms with Crippen LogP contribution < -0.4 is 9.62 Å². The normalized spacial score (nSPS) is 12.6. The van der Waals surface area contributed by atoms with Gasteiger partial charge in [-0.3, -0.25) is 13.9 Å². The van der Waals surface area contributed by atoms with Gasteiger partial charge >= 0.3 is 0 Å². The molecule has 0 aromatic heterocycles. The molecule has 4 aromatic carbocycles. The molecule has 236 valence electrons. The summed E-state index contributed by atoms with van der Waals surface area (Å²) in [5.74, 6) is -0.755. The van der Waals surface area contributed by atoms with Crippen LogP contribution in [0.4, 0.5) is 5.69 Å². The molecule has 0 aliphatic rings. The van der Waals surface area contributed by atoms with Gasteiger partial charge in [0, 0.05) is 19.0 Å². The Hall–Kier alpha value is -4.43. The average Bonchev–Trinajstić information content (AvgIpc) is 3.06. The molecule has 45 heavy (non-hydrogen) atoms. The van der Waals surface area contributed by atoms with E-state index >= 15 is 0 Å². The second kappa shape index (κ2) is 15.5. The summed E-state index contributed by atoms with van der Waals surface area (Å²) in [5.41, 5.74) is 4.19. The van der Waals surface area contributed by atoms with Gasteiger partial charge in [0.2, 0.25) is 11.8 Å². The van der Waals surface area contributed by atoms with Crippen LogP contribution >= 0.6 is 0 Å². The number of hydrogen-bond acceptors (Lipinski definition) is 4. The first-order chi connectivity index (χ1) is 21.6. The van der Waals surface area contributed by atoms with Gasteiger partial charge in [-0.05, 0) is 67.6 Å². The van der Waals surface area contributed by atoms with Crippen LogP contribution in [0, 0.1) is 6.92 Å². The number of benzene rings is 4. The first kappa shape index (κ1) is 33.5. The van der Waals surface area contributed by atoms with Crippen LogP contribution in [-0.2, 0) is 39.0 Å². The Kier molecular flexibility index (Phi) is 11.5. The highest BCUT2D eigenvalue weighted by atomic mass is 32.2. The van der Waals surface area contributed by atoms with Crippen LogP contribution in [0.5, 0.6) is 0 Å². The van der Waals surface area contributed by atoms with Gasteiger partial charge in [0.05, 0.1) is 10.6 Å². The smallest absolute Gasteiger partial charge is 0.264 e. The molecule has 0 bridgehead atoms. The van der Waals surface area contributed by atoms with Gasteiger partial charge < -0.3 is 10.2 Å². The van der Waals surface area contributed by atoms with E-state index in [2.05, 4.69) is 5.32 Å². The number of sulfonamides is 1. The molecule has 0 saturated heterocycles. The SMILES string of the molecule is CCc1ccc(N(CC(=O)N(Cc2cccc(C)c2)C(Cc2ccccc2)C(=O)NC(C)CC)S(=O)(=O)c2ccccc2)cc1. The molecule has 2 unspecified atom stereocenters. The highest BCUT2D eigenvalue weighted by Crippen LogP contribution is 2.26. The zero-order valence-electron chi connectivity index (χ0n) is 26.5. The number of anilines is 1. The predicted molar refractivity (Wildman–Crippen MR) is 180 cm³/mol. The van der Waals surface area contributed by atoms with Crippen LogP contribution in [0.1, 0.15) is 49.4 Å². The maximum absolute atomic E-state index is 14.5. The third kappa shape index (κ3) is 8.82. The van der Waals surface area contributed by atoms with Crippen molar-refractivity contribution in [3.63, 3.8) is 0 Å². The average molecular weight is 626 g/mol. The van der Waals surface area contributed by atoms with E-state index in [1.165, 1.54) is 17.0 Å². The Labute approximate surface area is 268 Å². The fraction of sp³-hybridized carbons (Fsp3) is 0.297. The van der Waals surface area contributed by atoms with Crippen LogP contribution in [0.15, 0.2) is 114 Å². The third-order valence-corrected chi connectivity index (χ3v) is 9.74. The standard InChI is InChI=1S/C37H43N3O4S/c1-5-29(4)38-37(42)35(25-31-15-9-7-10-16-31)39(26-32-17-13-14-28(3)24-32)36(41)27-40(33-22-20-30(6-2)21-23-33)45(43,44)34-18-11-8-12-19-34/h7-24,29,35H,5-6,25-27H2,1-4H3,(H,38,42). The first-order valence-electron chi connectivity index (χ1n) is 15.5. The van der Waals surface area contributed by atoms with Crippen molar-refractivity contribution >= 4 is 27.5 Å². The molecule has 0 heterocycles. The van der Waals surface area contributed by atoms with Crippen LogP contribution in [0.25, 0.3) is 0 Å². The Morgan fingerprint density at radius 1 is 0.778 bits per heavy atom. The molecule has 4 aromatic rings. The summed E-state index contributed by atoms with van der Waals surface area (Å²) in [4.78, 5) is 30.1. The molecule has 0 spiro atoms. The van der Waals surface area contributed by atoms with Crippen molar-refractivity contribution in [1.82, 2.24) is 10.2 Å². The zero-order chi connectivity index (χ0) is 32.4. The molecule has 0 fully saturated rings. The molecule has 7 nitrogen and oxygen atoms in total. The van der Waals surface area contributed by atoms with Crippen molar-refractivity contribution in [2.45, 2.75) is 70.5 Å². The number of amides is 2. The third-order valence-electron chi connectivity index (χ3n) is 7.95. The van der Waals surface area contributed by atoms with Crippen molar-refractivity contribution in [2.75, 3.05) is 10.8 Å². The topological polar surface area (TPSA) is 86.8 Å². The number of hydrogen-bond donors (Lipinski definition) is 1. The molecule has 8 heteroatoms. The molecular weight excluding hydrogens is 582 g/mol. The minimum absolute atomic E-state index is 0.0814. The van der Waals surface area contributed by atoms with Gasteiger partial charge in [0.1, 0.15) is 12.6 Å². The van der Waals surface area contributed by atoms with Crippen LogP contribution in [-0.4, -0.2) is 43.8 Å². The van der Waals surface area contributed by atoms with Gasteiger partial charge in [0.25, 0.3) is 10.0 Å². The van der Waals surface area contributed by atoms with Gasteiger partial charge in [-0.1, -0.05) is 104 Å². The molecule has 0 aliphatic heterocycles. The summed E-state index contributed by atoms with van der Waals surface area (Å²) in [6.07, 6.45) is 1.80. The molecule has 0 saturated carbocycles. The maximum atomic E-state index is 14.5. The highest BCUT2D eigenvalue weighted by molar-refractivity contribution is 7.92. The Morgan fingerprint density at radius 2 is 1.40 bits per heavy atom. The number of nitrogens with zero attached hydrogens (tertiary/aromatic N) is 2. The summed E-state index contributed by atoms with van der Waals surface area (Å²) in [6, 6.07) is 31.7. The lowest BCUT2D eigenvalue weighted by Gasteiger charge is -2.34. The summed E-state index contributed by atoms with van der Waals surface area (Å²) in [5, 5.41) is 3.07. The maximum Gasteiger partial charge on any atom is 0.264 e. The minimum Gasteiger partial charge on any atom is -0.352 e.